The predicted octanol–water partition coefficient (Wildman–Crippen LogP) is 8.56. The minimum absolute atomic E-state index is 0.247. The summed E-state index contributed by atoms with van der Waals surface area (Å²) in [7, 11) is 0. The molecule has 3 aromatic carbocycles. The number of benzene rings is 3. The van der Waals surface area contributed by atoms with Gasteiger partial charge in [0.25, 0.3) is 0 Å². The van der Waals surface area contributed by atoms with Crippen LogP contribution in [0.5, 0.6) is 5.75 Å². The highest BCUT2D eigenvalue weighted by Gasteiger charge is 2.09. The monoisotopic (exact) mass is 696 g/mol. The molecule has 4 aromatic rings. The van der Waals surface area contributed by atoms with Crippen LogP contribution >= 0.6 is 91.5 Å². The second-order valence-electron chi connectivity index (χ2n) is 6.24. The maximum atomic E-state index is 10.2. The molecule has 3 nitrogen and oxygen atoms in total. The van der Waals surface area contributed by atoms with E-state index in [0.717, 1.165) is 32.9 Å². The van der Waals surface area contributed by atoms with Crippen LogP contribution in [-0.2, 0) is 5.75 Å². The molecule has 0 aliphatic rings. The first kappa shape index (κ1) is 22.6. The zero-order chi connectivity index (χ0) is 21.3. The first-order valence-electron chi connectivity index (χ1n) is 8.58. The van der Waals surface area contributed by atoms with E-state index >= 15 is 0 Å². The van der Waals surface area contributed by atoms with E-state index in [1.807, 2.05) is 42.5 Å². The van der Waals surface area contributed by atoms with Crippen molar-refractivity contribution in [1.29, 1.82) is 0 Å². The number of hydrogen-bond donors (Lipinski definition) is 1. The van der Waals surface area contributed by atoms with E-state index in [0.29, 0.717) is 21.4 Å². The van der Waals surface area contributed by atoms with Crippen LogP contribution in [0.1, 0.15) is 11.1 Å². The van der Waals surface area contributed by atoms with Gasteiger partial charge in [0.05, 0.1) is 19.5 Å². The summed E-state index contributed by atoms with van der Waals surface area (Å²) in [5.74, 6) is 0.950. The Morgan fingerprint density at radius 3 is 2.77 bits per heavy atom. The van der Waals surface area contributed by atoms with E-state index in [9.17, 15) is 5.11 Å². The molecule has 0 aliphatic carbocycles. The lowest BCUT2D eigenvalue weighted by atomic mass is 10.2. The van der Waals surface area contributed by atoms with Gasteiger partial charge in [-0.2, -0.15) is 0 Å². The molecule has 0 saturated heterocycles. The van der Waals surface area contributed by atoms with Crippen LogP contribution < -0.4 is 0 Å². The van der Waals surface area contributed by atoms with Crippen LogP contribution in [0.4, 0.5) is 5.69 Å². The topological polar surface area (TPSA) is 45.5 Å². The smallest absolute Gasteiger partial charge is 0.151 e. The van der Waals surface area contributed by atoms with Gasteiger partial charge in [-0.3, -0.25) is 4.99 Å². The van der Waals surface area contributed by atoms with Gasteiger partial charge in [-0.05, 0) is 99.3 Å². The minimum atomic E-state index is 0.247. The molecule has 0 saturated carbocycles. The van der Waals surface area contributed by atoms with Crippen LogP contribution in [0.3, 0.4) is 0 Å². The highest BCUT2D eigenvalue weighted by molar-refractivity contribution is 14.1. The van der Waals surface area contributed by atoms with Gasteiger partial charge in [-0.25, -0.2) is 4.98 Å². The van der Waals surface area contributed by atoms with Gasteiger partial charge in [0.15, 0.2) is 4.34 Å². The Kier molecular flexibility index (Phi) is 7.46. The minimum Gasteiger partial charge on any atom is -0.506 e. The number of nitrogens with zero attached hydrogens (tertiary/aromatic N) is 2. The zero-order valence-corrected chi connectivity index (χ0v) is 22.5. The molecule has 4 rings (SSSR count). The van der Waals surface area contributed by atoms with Crippen molar-refractivity contribution >= 4 is 114 Å². The second-order valence-corrected chi connectivity index (χ2v) is 11.7. The van der Waals surface area contributed by atoms with E-state index in [1.54, 1.807) is 35.4 Å². The third-order valence-electron chi connectivity index (χ3n) is 4.12. The SMILES string of the molecule is Oc1c(I)cc(I)cc1C=Nc1ccc2nc(SCc3cc(Cl)ccc3Cl)sc2c1. The maximum Gasteiger partial charge on any atom is 0.151 e. The summed E-state index contributed by atoms with van der Waals surface area (Å²) < 4.78 is 3.88. The lowest BCUT2D eigenvalue weighted by molar-refractivity contribution is 0.470. The van der Waals surface area contributed by atoms with Gasteiger partial charge < -0.3 is 5.11 Å². The molecule has 30 heavy (non-hydrogen) atoms. The Bertz CT molecular complexity index is 1280. The van der Waals surface area contributed by atoms with Crippen LogP contribution in [-0.4, -0.2) is 16.3 Å². The van der Waals surface area contributed by atoms with E-state index in [-0.39, 0.29) is 5.75 Å². The van der Waals surface area contributed by atoms with E-state index in [1.165, 1.54) is 0 Å². The Balaban J connectivity index is 1.53. The van der Waals surface area contributed by atoms with Crippen molar-refractivity contribution in [3.05, 3.63) is 76.8 Å². The van der Waals surface area contributed by atoms with Crippen molar-refractivity contribution in [2.24, 2.45) is 4.99 Å². The Morgan fingerprint density at radius 2 is 1.93 bits per heavy atom. The van der Waals surface area contributed by atoms with Gasteiger partial charge in [0.1, 0.15) is 5.75 Å². The normalized spacial score (nSPS) is 11.6. The number of fused-ring (bicyclic) bond motifs is 1. The number of aliphatic imine (C=N–C) groups is 1. The Labute approximate surface area is 219 Å². The van der Waals surface area contributed by atoms with Crippen LogP contribution in [0.2, 0.25) is 10.0 Å². The van der Waals surface area contributed by atoms with Gasteiger partial charge >= 0.3 is 0 Å². The molecule has 0 unspecified atom stereocenters. The molecule has 0 fully saturated rings. The van der Waals surface area contributed by atoms with Crippen LogP contribution in [0, 0.1) is 7.14 Å². The van der Waals surface area contributed by atoms with Crippen molar-refractivity contribution < 1.29 is 5.11 Å². The fraction of sp³-hybridized carbons (Fsp3) is 0.0476. The summed E-state index contributed by atoms with van der Waals surface area (Å²) in [5.41, 5.74) is 3.44. The first-order chi connectivity index (χ1) is 14.4. The summed E-state index contributed by atoms with van der Waals surface area (Å²) in [6, 6.07) is 15.2. The largest absolute Gasteiger partial charge is 0.506 e. The fourth-order valence-electron chi connectivity index (χ4n) is 2.66. The maximum absolute atomic E-state index is 10.2. The van der Waals surface area contributed by atoms with Crippen LogP contribution in [0.15, 0.2) is 57.9 Å². The molecular formula is C21H12Cl2I2N2OS2. The molecule has 9 heteroatoms. The highest BCUT2D eigenvalue weighted by Crippen LogP contribution is 2.35. The summed E-state index contributed by atoms with van der Waals surface area (Å²) in [5, 5.41) is 11.6. The molecule has 0 amide bonds. The molecule has 0 radical (unpaired) electrons. The number of aromatic nitrogens is 1. The third-order valence-corrected chi connectivity index (χ3v) is 8.38. The number of phenolic OH excluding ortho intramolecular Hbond substituents is 1. The molecule has 0 bridgehead atoms. The van der Waals surface area contributed by atoms with Crippen molar-refractivity contribution in [3.63, 3.8) is 0 Å². The number of rotatable bonds is 5. The molecule has 0 aliphatic heterocycles. The van der Waals surface area contributed by atoms with Crippen molar-refractivity contribution in [2.75, 3.05) is 0 Å². The van der Waals surface area contributed by atoms with Crippen LogP contribution in [0.25, 0.3) is 10.2 Å². The van der Waals surface area contributed by atoms with Crippen molar-refractivity contribution in [3.8, 4) is 5.75 Å². The number of phenols is 1. The molecule has 1 aromatic heterocycles. The summed E-state index contributed by atoms with van der Waals surface area (Å²) in [6.07, 6.45) is 1.69. The number of thioether (sulfide) groups is 1. The van der Waals surface area contributed by atoms with Crippen molar-refractivity contribution in [1.82, 2.24) is 4.98 Å². The third kappa shape index (κ3) is 5.42. The average molecular weight is 697 g/mol. The molecule has 152 valence electrons. The van der Waals surface area contributed by atoms with Gasteiger partial charge in [0.2, 0.25) is 0 Å². The molecule has 1 heterocycles. The molecular weight excluding hydrogens is 685 g/mol. The quantitative estimate of drug-likeness (QED) is 0.129. The first-order valence-corrected chi connectivity index (χ1v) is 13.3. The fourth-order valence-corrected chi connectivity index (χ4v) is 7.10. The number of aromatic hydroxyl groups is 1. The average Bonchev–Trinajstić information content (AvgIpc) is 3.12. The lowest BCUT2D eigenvalue weighted by Crippen LogP contribution is -1.87. The van der Waals surface area contributed by atoms with Crippen molar-refractivity contribution in [2.45, 2.75) is 10.1 Å². The molecule has 0 spiro atoms. The van der Waals surface area contributed by atoms with E-state index in [2.05, 4.69) is 55.2 Å². The summed E-state index contributed by atoms with van der Waals surface area (Å²) in [4.78, 5) is 9.23. The standard InChI is InChI=1S/C21H12Cl2I2N2OS2/c22-13-1-3-16(23)12(5-13)10-29-21-27-18-4-2-15(8-19(18)30-21)26-9-11-6-14(24)7-17(25)20(11)28/h1-9,28H,10H2. The number of thiazole rings is 1. The number of halogens is 4. The summed E-state index contributed by atoms with van der Waals surface area (Å²) >= 11 is 19.9. The Morgan fingerprint density at radius 1 is 1.10 bits per heavy atom. The Hall–Kier alpha value is -0.590. The molecule has 0 atom stereocenters. The van der Waals surface area contributed by atoms with E-state index < -0.39 is 0 Å². The zero-order valence-electron chi connectivity index (χ0n) is 15.1. The second kappa shape index (κ2) is 9.91. The van der Waals surface area contributed by atoms with Gasteiger partial charge in [0, 0.05) is 31.1 Å². The lowest BCUT2D eigenvalue weighted by Gasteiger charge is -2.02. The van der Waals surface area contributed by atoms with E-state index in [4.69, 9.17) is 23.2 Å². The number of hydrogen-bond acceptors (Lipinski definition) is 5. The predicted molar refractivity (Wildman–Crippen MR) is 146 cm³/mol. The van der Waals surface area contributed by atoms with Gasteiger partial charge in [-0.15, -0.1) is 11.3 Å². The summed E-state index contributed by atoms with van der Waals surface area (Å²) in [6.45, 7) is 0. The van der Waals surface area contributed by atoms with Gasteiger partial charge in [-0.1, -0.05) is 35.0 Å². The highest BCUT2D eigenvalue weighted by atomic mass is 127. The molecule has 1 N–H and O–H groups in total.